The Morgan fingerprint density at radius 1 is 1.24 bits per heavy atom. The fraction of sp³-hybridized carbons (Fsp3) is 0.188. The van der Waals surface area contributed by atoms with Crippen LogP contribution in [0.3, 0.4) is 0 Å². The molecule has 1 aromatic heterocycles. The minimum Gasteiger partial charge on any atom is -0.408 e. The third-order valence-corrected chi connectivity index (χ3v) is 3.54. The Balaban J connectivity index is 1.71. The minimum atomic E-state index is -0.434. The average Bonchev–Trinajstić information content (AvgIpc) is 2.80. The monoisotopic (exact) mass is 302 g/mol. The zero-order chi connectivity index (χ0) is 14.8. The largest absolute Gasteiger partial charge is 0.417 e. The van der Waals surface area contributed by atoms with E-state index in [0.29, 0.717) is 11.1 Å². The molecule has 1 heterocycles. The van der Waals surface area contributed by atoms with Crippen molar-refractivity contribution in [1.29, 1.82) is 0 Å². The molecule has 5 heteroatoms. The van der Waals surface area contributed by atoms with Crippen molar-refractivity contribution in [2.75, 3.05) is 5.32 Å². The molecule has 2 N–H and O–H groups in total. The van der Waals surface area contributed by atoms with Gasteiger partial charge in [-0.3, -0.25) is 4.98 Å². The van der Waals surface area contributed by atoms with Crippen molar-refractivity contribution in [2.45, 2.75) is 19.4 Å². The molecule has 0 radical (unpaired) electrons. The number of hydrogen-bond donors (Lipinski definition) is 2. The first-order valence-corrected chi connectivity index (χ1v) is 7.12. The maximum Gasteiger partial charge on any atom is 0.417 e. The number of oxazole rings is 1. The molecule has 0 aliphatic heterocycles. The molecular weight excluding hydrogens is 288 g/mol. The molecule has 1 unspecified atom stereocenters. The maximum absolute atomic E-state index is 11.1. The van der Waals surface area contributed by atoms with Crippen LogP contribution in [0.25, 0.3) is 11.1 Å². The van der Waals surface area contributed by atoms with Gasteiger partial charge in [-0.25, -0.2) is 4.79 Å². The van der Waals surface area contributed by atoms with Gasteiger partial charge in [-0.15, -0.1) is 0 Å². The number of rotatable bonds is 4. The summed E-state index contributed by atoms with van der Waals surface area (Å²) in [6.07, 6.45) is 0.886. The third-order valence-electron chi connectivity index (χ3n) is 3.29. The Morgan fingerprint density at radius 2 is 2.00 bits per heavy atom. The molecule has 3 aromatic rings. The van der Waals surface area contributed by atoms with E-state index >= 15 is 0 Å². The normalized spacial score (nSPS) is 12.5. The van der Waals surface area contributed by atoms with Gasteiger partial charge >= 0.3 is 5.76 Å². The highest BCUT2D eigenvalue weighted by molar-refractivity contribution is 6.30. The van der Waals surface area contributed by atoms with E-state index in [0.717, 1.165) is 17.1 Å². The fourth-order valence-electron chi connectivity index (χ4n) is 2.35. The summed E-state index contributed by atoms with van der Waals surface area (Å²) in [5, 5.41) is 4.15. The first kappa shape index (κ1) is 13.8. The molecule has 0 amide bonds. The number of nitrogens with one attached hydrogen (secondary N) is 2. The molecule has 0 aliphatic rings. The molecule has 21 heavy (non-hydrogen) atoms. The van der Waals surface area contributed by atoms with E-state index in [2.05, 4.69) is 17.2 Å². The topological polar surface area (TPSA) is 58.0 Å². The summed E-state index contributed by atoms with van der Waals surface area (Å²) in [7, 11) is 0. The van der Waals surface area contributed by atoms with Crippen molar-refractivity contribution in [3.8, 4) is 0 Å². The minimum absolute atomic E-state index is 0.252. The van der Waals surface area contributed by atoms with Gasteiger partial charge in [-0.1, -0.05) is 23.7 Å². The van der Waals surface area contributed by atoms with Crippen molar-refractivity contribution in [2.24, 2.45) is 0 Å². The summed E-state index contributed by atoms with van der Waals surface area (Å²) >= 11 is 5.88. The summed E-state index contributed by atoms with van der Waals surface area (Å²) < 4.78 is 4.98. The van der Waals surface area contributed by atoms with Gasteiger partial charge in [0.15, 0.2) is 5.58 Å². The van der Waals surface area contributed by atoms with Crippen molar-refractivity contribution < 1.29 is 4.42 Å². The highest BCUT2D eigenvalue weighted by Crippen LogP contribution is 2.18. The lowest BCUT2D eigenvalue weighted by molar-refractivity contribution is 0.555. The lowest BCUT2D eigenvalue weighted by atomic mass is 10.1. The second-order valence-electron chi connectivity index (χ2n) is 5.10. The Kier molecular flexibility index (Phi) is 3.71. The van der Waals surface area contributed by atoms with Gasteiger partial charge in [-0.2, -0.15) is 0 Å². The molecule has 0 bridgehead atoms. The Morgan fingerprint density at radius 3 is 2.76 bits per heavy atom. The first-order chi connectivity index (χ1) is 10.1. The Hall–Kier alpha value is -2.20. The lowest BCUT2D eigenvalue weighted by Gasteiger charge is -2.15. The van der Waals surface area contributed by atoms with Crippen molar-refractivity contribution in [1.82, 2.24) is 4.98 Å². The molecule has 0 saturated heterocycles. The second-order valence-corrected chi connectivity index (χ2v) is 5.54. The molecule has 1 atom stereocenters. The van der Waals surface area contributed by atoms with Crippen molar-refractivity contribution >= 4 is 28.4 Å². The van der Waals surface area contributed by atoms with E-state index in [1.54, 1.807) is 6.07 Å². The Labute approximate surface area is 126 Å². The molecule has 4 nitrogen and oxygen atoms in total. The number of H-pyrrole nitrogens is 1. The summed E-state index contributed by atoms with van der Waals surface area (Å²) in [6, 6.07) is 13.6. The predicted molar refractivity (Wildman–Crippen MR) is 85.1 cm³/mol. The van der Waals surface area contributed by atoms with Crippen LogP contribution in [-0.4, -0.2) is 11.0 Å². The molecule has 0 aliphatic carbocycles. The zero-order valence-electron chi connectivity index (χ0n) is 11.5. The average molecular weight is 303 g/mol. The number of benzene rings is 2. The highest BCUT2D eigenvalue weighted by Gasteiger charge is 2.06. The van der Waals surface area contributed by atoms with Crippen molar-refractivity contribution in [3.63, 3.8) is 0 Å². The van der Waals surface area contributed by atoms with Gasteiger partial charge in [0.05, 0.1) is 5.52 Å². The van der Waals surface area contributed by atoms with Crippen molar-refractivity contribution in [3.05, 3.63) is 63.6 Å². The predicted octanol–water partition coefficient (Wildman–Crippen LogP) is 3.82. The fourth-order valence-corrected chi connectivity index (χ4v) is 2.48. The van der Waals surface area contributed by atoms with Crippen LogP contribution < -0.4 is 11.1 Å². The molecule has 0 saturated carbocycles. The second kappa shape index (κ2) is 5.66. The summed E-state index contributed by atoms with van der Waals surface area (Å²) in [6.45, 7) is 2.11. The van der Waals surface area contributed by atoms with Crippen LogP contribution >= 0.6 is 11.6 Å². The number of aromatic nitrogens is 1. The van der Waals surface area contributed by atoms with Gasteiger partial charge in [0.1, 0.15) is 0 Å². The molecule has 3 rings (SSSR count). The van der Waals surface area contributed by atoms with E-state index in [4.69, 9.17) is 16.0 Å². The van der Waals surface area contributed by atoms with Gasteiger partial charge < -0.3 is 9.73 Å². The lowest BCUT2D eigenvalue weighted by Crippen LogP contribution is -2.17. The van der Waals surface area contributed by atoms with Crippen LogP contribution in [0.15, 0.2) is 51.7 Å². The number of hydrogen-bond acceptors (Lipinski definition) is 3. The van der Waals surface area contributed by atoms with E-state index in [1.165, 1.54) is 5.56 Å². The van der Waals surface area contributed by atoms with Crippen LogP contribution in [0, 0.1) is 0 Å². The smallest absolute Gasteiger partial charge is 0.408 e. The van der Waals surface area contributed by atoms with Gasteiger partial charge in [-0.05, 0) is 49.2 Å². The van der Waals surface area contributed by atoms with E-state index in [9.17, 15) is 4.79 Å². The molecule has 0 fully saturated rings. The molecule has 108 valence electrons. The van der Waals surface area contributed by atoms with Crippen LogP contribution in [0.1, 0.15) is 12.5 Å². The maximum atomic E-state index is 11.1. The molecular formula is C16H15ClN2O2. The number of aromatic amines is 1. The number of anilines is 1. The van der Waals surface area contributed by atoms with Crippen LogP contribution in [0.4, 0.5) is 5.69 Å². The standard InChI is InChI=1S/C16H15ClN2O2/c1-10(8-11-2-4-12(17)5-3-11)18-13-6-7-15-14(9-13)19-16(20)21-15/h2-7,9-10,18H,8H2,1H3,(H,19,20). The van der Waals surface area contributed by atoms with Gasteiger partial charge in [0.2, 0.25) is 0 Å². The van der Waals surface area contributed by atoms with Crippen LogP contribution in [0.5, 0.6) is 0 Å². The van der Waals surface area contributed by atoms with Crippen LogP contribution in [-0.2, 0) is 6.42 Å². The van der Waals surface area contributed by atoms with Crippen LogP contribution in [0.2, 0.25) is 5.02 Å². The SMILES string of the molecule is CC(Cc1ccc(Cl)cc1)Nc1ccc2oc(=O)[nH]c2c1. The Bertz CT molecular complexity index is 805. The zero-order valence-corrected chi connectivity index (χ0v) is 12.3. The molecule has 0 spiro atoms. The highest BCUT2D eigenvalue weighted by atomic mass is 35.5. The quantitative estimate of drug-likeness (QED) is 0.770. The van der Waals surface area contributed by atoms with E-state index in [-0.39, 0.29) is 6.04 Å². The van der Waals surface area contributed by atoms with Gasteiger partial charge in [0, 0.05) is 16.8 Å². The van der Waals surface area contributed by atoms with E-state index in [1.807, 2.05) is 36.4 Å². The van der Waals surface area contributed by atoms with E-state index < -0.39 is 5.76 Å². The molecule has 2 aromatic carbocycles. The number of halogens is 1. The number of fused-ring (bicyclic) bond motifs is 1. The third kappa shape index (κ3) is 3.28. The summed E-state index contributed by atoms with van der Waals surface area (Å²) in [5.74, 6) is -0.434. The summed E-state index contributed by atoms with van der Waals surface area (Å²) in [4.78, 5) is 13.8. The summed E-state index contributed by atoms with van der Waals surface area (Å²) in [5.41, 5.74) is 3.43. The first-order valence-electron chi connectivity index (χ1n) is 6.74. The van der Waals surface area contributed by atoms with Gasteiger partial charge in [0.25, 0.3) is 0 Å².